The van der Waals surface area contributed by atoms with E-state index >= 15 is 0 Å². The van der Waals surface area contributed by atoms with Crippen LogP contribution in [0.3, 0.4) is 0 Å². The van der Waals surface area contributed by atoms with E-state index < -0.39 is 0 Å². The Hall–Kier alpha value is -2.15. The molecule has 6 nitrogen and oxygen atoms in total. The van der Waals surface area contributed by atoms with Gasteiger partial charge in [-0.05, 0) is 41.4 Å². The molecule has 0 aliphatic heterocycles. The number of nitrogens with zero attached hydrogens (tertiary/aromatic N) is 2. The predicted octanol–water partition coefficient (Wildman–Crippen LogP) is 4.05. The first kappa shape index (κ1) is 21.2. The third-order valence-corrected chi connectivity index (χ3v) is 4.61. The molecule has 0 bridgehead atoms. The number of aromatic nitrogens is 2. The fraction of sp³-hybridized carbons (Fsp3) is 0.450. The average molecular weight is 437 g/mol. The molecule has 1 aromatic heterocycles. The van der Waals surface area contributed by atoms with Gasteiger partial charge >= 0.3 is 5.97 Å². The molecule has 27 heavy (non-hydrogen) atoms. The van der Waals surface area contributed by atoms with E-state index in [4.69, 9.17) is 9.47 Å². The fourth-order valence-corrected chi connectivity index (χ4v) is 3.05. The Kier molecular flexibility index (Phi) is 8.03. The van der Waals surface area contributed by atoms with Gasteiger partial charge in [0.05, 0.1) is 11.0 Å². The number of halogens is 1. The summed E-state index contributed by atoms with van der Waals surface area (Å²) in [5.74, 6) is 1.26. The summed E-state index contributed by atoms with van der Waals surface area (Å²) in [5, 5.41) is 0. The minimum atomic E-state index is -0.291. The van der Waals surface area contributed by atoms with Crippen LogP contribution in [-0.4, -0.2) is 22.1 Å². The van der Waals surface area contributed by atoms with Crippen molar-refractivity contribution in [1.29, 1.82) is 0 Å². The highest BCUT2D eigenvalue weighted by molar-refractivity contribution is 9.10. The van der Waals surface area contributed by atoms with Gasteiger partial charge in [0, 0.05) is 24.6 Å². The van der Waals surface area contributed by atoms with Crippen LogP contribution >= 0.6 is 15.9 Å². The summed E-state index contributed by atoms with van der Waals surface area (Å²) in [4.78, 5) is 28.6. The second-order valence-electron chi connectivity index (χ2n) is 6.15. The number of unbranched alkanes of at least 4 members (excludes halogenated alkanes) is 1. The second-order valence-corrected chi connectivity index (χ2v) is 7.00. The van der Waals surface area contributed by atoms with Crippen LogP contribution < -0.4 is 15.0 Å². The summed E-state index contributed by atoms with van der Waals surface area (Å²) in [6.07, 6.45) is 2.73. The molecule has 0 unspecified atom stereocenters. The molecule has 0 N–H and O–H groups in total. The molecule has 0 amide bonds. The largest absolute Gasteiger partial charge is 0.488 e. The summed E-state index contributed by atoms with van der Waals surface area (Å²) >= 11 is 3.40. The Morgan fingerprint density at radius 1 is 1.30 bits per heavy atom. The molecule has 0 aliphatic carbocycles. The van der Waals surface area contributed by atoms with Crippen molar-refractivity contribution >= 4 is 21.9 Å². The molecular formula is C20H25BrN2O4. The first-order valence-electron chi connectivity index (χ1n) is 9.15. The van der Waals surface area contributed by atoms with Crippen LogP contribution in [0, 0.1) is 6.92 Å². The number of ether oxygens (including phenoxy) is 2. The minimum Gasteiger partial charge on any atom is -0.488 e. The van der Waals surface area contributed by atoms with E-state index in [1.807, 2.05) is 20.8 Å². The summed E-state index contributed by atoms with van der Waals surface area (Å²) in [6.45, 7) is 6.41. The summed E-state index contributed by atoms with van der Waals surface area (Å²) < 4.78 is 13.5. The first-order chi connectivity index (χ1) is 13.0. The number of hydrogen-bond donors (Lipinski definition) is 0. The minimum absolute atomic E-state index is 0.0941. The lowest BCUT2D eigenvalue weighted by Gasteiger charge is -2.15. The lowest BCUT2D eigenvalue weighted by Crippen LogP contribution is -2.27. The number of hydrogen-bond acceptors (Lipinski definition) is 5. The summed E-state index contributed by atoms with van der Waals surface area (Å²) in [5.41, 5.74) is 0.616. The lowest BCUT2D eigenvalue weighted by molar-refractivity contribution is -0.134. The van der Waals surface area contributed by atoms with E-state index in [9.17, 15) is 9.59 Å². The number of carbonyl (C=O) groups excluding carboxylic acids is 1. The molecule has 0 saturated heterocycles. The zero-order chi connectivity index (χ0) is 19.8. The van der Waals surface area contributed by atoms with Crippen molar-refractivity contribution in [2.24, 2.45) is 0 Å². The maximum absolute atomic E-state index is 12.2. The lowest BCUT2D eigenvalue weighted by atomic mass is 10.2. The van der Waals surface area contributed by atoms with E-state index in [1.165, 1.54) is 6.07 Å². The van der Waals surface area contributed by atoms with Crippen LogP contribution in [0.1, 0.15) is 44.6 Å². The number of para-hydroxylation sites is 1. The van der Waals surface area contributed by atoms with Crippen molar-refractivity contribution in [2.45, 2.75) is 53.0 Å². The molecule has 0 radical (unpaired) electrons. The Bertz CT molecular complexity index is 848. The van der Waals surface area contributed by atoms with Crippen molar-refractivity contribution in [3.63, 3.8) is 0 Å². The highest BCUT2D eigenvalue weighted by atomic mass is 79.9. The Balaban J connectivity index is 2.10. The predicted molar refractivity (Wildman–Crippen MR) is 107 cm³/mol. The standard InChI is InChI=1S/C20H25BrN2O4/c1-4-6-10-19(25)27-20-15(21)8-7-9-16(20)26-12-11-23-17(5-2)22-14(3)13-18(23)24/h7-9,13H,4-6,10-12H2,1-3H3. The molecule has 1 aromatic carbocycles. The van der Waals surface area contributed by atoms with Crippen LogP contribution in [0.5, 0.6) is 11.5 Å². The summed E-state index contributed by atoms with van der Waals surface area (Å²) in [7, 11) is 0. The first-order valence-corrected chi connectivity index (χ1v) is 9.94. The van der Waals surface area contributed by atoms with Gasteiger partial charge in [-0.1, -0.05) is 26.3 Å². The van der Waals surface area contributed by atoms with Crippen LogP contribution in [-0.2, 0) is 17.8 Å². The van der Waals surface area contributed by atoms with Crippen LogP contribution in [0.2, 0.25) is 0 Å². The fourth-order valence-electron chi connectivity index (χ4n) is 2.62. The maximum Gasteiger partial charge on any atom is 0.311 e. The topological polar surface area (TPSA) is 70.4 Å². The molecule has 2 rings (SSSR count). The van der Waals surface area contributed by atoms with Crippen molar-refractivity contribution in [1.82, 2.24) is 9.55 Å². The molecule has 0 atom stereocenters. The molecule has 0 aliphatic rings. The van der Waals surface area contributed by atoms with Crippen LogP contribution in [0.4, 0.5) is 0 Å². The van der Waals surface area contributed by atoms with E-state index in [0.29, 0.717) is 41.1 Å². The Labute approximate surface area is 167 Å². The number of aryl methyl sites for hydroxylation is 2. The molecule has 0 saturated carbocycles. The SMILES string of the molecule is CCCCC(=O)Oc1c(Br)cccc1OCCn1c(CC)nc(C)cc1=O. The number of esters is 1. The number of carbonyl (C=O) groups is 1. The van der Waals surface area contributed by atoms with E-state index in [1.54, 1.807) is 22.8 Å². The number of rotatable bonds is 9. The van der Waals surface area contributed by atoms with Gasteiger partial charge in [0.1, 0.15) is 12.4 Å². The normalized spacial score (nSPS) is 10.7. The zero-order valence-corrected chi connectivity index (χ0v) is 17.5. The van der Waals surface area contributed by atoms with E-state index in [2.05, 4.69) is 20.9 Å². The molecular weight excluding hydrogens is 412 g/mol. The van der Waals surface area contributed by atoms with Gasteiger partial charge in [0.2, 0.25) is 0 Å². The van der Waals surface area contributed by atoms with Crippen molar-refractivity contribution in [3.8, 4) is 11.5 Å². The Morgan fingerprint density at radius 3 is 2.78 bits per heavy atom. The van der Waals surface area contributed by atoms with Crippen LogP contribution in [0.25, 0.3) is 0 Å². The molecule has 7 heteroatoms. The molecule has 1 heterocycles. The molecule has 2 aromatic rings. The molecule has 146 valence electrons. The van der Waals surface area contributed by atoms with Gasteiger partial charge in [0.15, 0.2) is 11.5 Å². The third kappa shape index (κ3) is 5.92. The van der Waals surface area contributed by atoms with Gasteiger partial charge in [0.25, 0.3) is 5.56 Å². The van der Waals surface area contributed by atoms with E-state index in [-0.39, 0.29) is 18.1 Å². The highest BCUT2D eigenvalue weighted by Crippen LogP contribution is 2.35. The van der Waals surface area contributed by atoms with Crippen molar-refractivity contribution < 1.29 is 14.3 Å². The highest BCUT2D eigenvalue weighted by Gasteiger charge is 2.14. The monoisotopic (exact) mass is 436 g/mol. The quantitative estimate of drug-likeness (QED) is 0.437. The smallest absolute Gasteiger partial charge is 0.311 e. The van der Waals surface area contributed by atoms with Crippen molar-refractivity contribution in [2.75, 3.05) is 6.61 Å². The van der Waals surface area contributed by atoms with Gasteiger partial charge in [-0.15, -0.1) is 0 Å². The van der Waals surface area contributed by atoms with Crippen LogP contribution in [0.15, 0.2) is 33.5 Å². The van der Waals surface area contributed by atoms with Crippen molar-refractivity contribution in [3.05, 3.63) is 50.6 Å². The van der Waals surface area contributed by atoms with E-state index in [0.717, 1.165) is 18.7 Å². The van der Waals surface area contributed by atoms with Gasteiger partial charge < -0.3 is 9.47 Å². The van der Waals surface area contributed by atoms with Gasteiger partial charge in [-0.25, -0.2) is 4.98 Å². The average Bonchev–Trinajstić information content (AvgIpc) is 2.63. The maximum atomic E-state index is 12.2. The second kappa shape index (κ2) is 10.3. The van der Waals surface area contributed by atoms with Gasteiger partial charge in [-0.2, -0.15) is 0 Å². The molecule has 0 spiro atoms. The Morgan fingerprint density at radius 2 is 2.07 bits per heavy atom. The number of benzene rings is 1. The summed E-state index contributed by atoms with van der Waals surface area (Å²) in [6, 6.07) is 6.85. The third-order valence-electron chi connectivity index (χ3n) is 3.99. The molecule has 0 fully saturated rings. The zero-order valence-electron chi connectivity index (χ0n) is 16.0. The van der Waals surface area contributed by atoms with Gasteiger partial charge in [-0.3, -0.25) is 14.2 Å².